The number of epoxide rings is 1. The summed E-state index contributed by atoms with van der Waals surface area (Å²) in [6, 6.07) is 0. The molecule has 5 atom stereocenters. The Labute approximate surface area is 103 Å². The van der Waals surface area contributed by atoms with Crippen LogP contribution in [-0.4, -0.2) is 24.4 Å². The summed E-state index contributed by atoms with van der Waals surface area (Å²) >= 11 is 0. The molecule has 2 saturated heterocycles. The van der Waals surface area contributed by atoms with E-state index in [-0.39, 0.29) is 11.0 Å². The molecule has 94 valence electrons. The van der Waals surface area contributed by atoms with Crippen LogP contribution >= 0.6 is 0 Å². The Hall–Kier alpha value is -0.340. The predicted octanol–water partition coefficient (Wildman–Crippen LogP) is 3.07. The van der Waals surface area contributed by atoms with Crippen molar-refractivity contribution in [2.45, 2.75) is 64.3 Å². The molecule has 2 nitrogen and oxygen atoms in total. The fraction of sp³-hybridized carbons (Fsp3) is 0.867. The van der Waals surface area contributed by atoms with E-state index >= 15 is 0 Å². The van der Waals surface area contributed by atoms with Crippen molar-refractivity contribution < 1.29 is 9.47 Å². The topological polar surface area (TPSA) is 21.8 Å². The molecular weight excluding hydrogens is 212 g/mol. The minimum atomic E-state index is 0.0807. The first-order valence-corrected chi connectivity index (χ1v) is 6.99. The van der Waals surface area contributed by atoms with Gasteiger partial charge < -0.3 is 9.47 Å². The highest BCUT2D eigenvalue weighted by atomic mass is 16.6. The molecule has 0 radical (unpaired) electrons. The van der Waals surface area contributed by atoms with E-state index in [9.17, 15) is 0 Å². The van der Waals surface area contributed by atoms with Crippen molar-refractivity contribution in [2.24, 2.45) is 10.8 Å². The lowest BCUT2D eigenvalue weighted by atomic mass is 9.53. The lowest BCUT2D eigenvalue weighted by molar-refractivity contribution is -0.190. The summed E-state index contributed by atoms with van der Waals surface area (Å²) in [6.07, 6.45) is 8.01. The molecule has 0 aromatic carbocycles. The molecule has 3 fully saturated rings. The van der Waals surface area contributed by atoms with Gasteiger partial charge in [-0.05, 0) is 32.6 Å². The molecule has 0 aromatic heterocycles. The van der Waals surface area contributed by atoms with Gasteiger partial charge in [-0.3, -0.25) is 0 Å². The van der Waals surface area contributed by atoms with Gasteiger partial charge in [0.1, 0.15) is 5.60 Å². The second-order valence-corrected chi connectivity index (χ2v) is 7.02. The molecule has 17 heavy (non-hydrogen) atoms. The van der Waals surface area contributed by atoms with Gasteiger partial charge in [-0.2, -0.15) is 0 Å². The first-order chi connectivity index (χ1) is 8.02. The zero-order valence-corrected chi connectivity index (χ0v) is 11.1. The van der Waals surface area contributed by atoms with Gasteiger partial charge in [0.15, 0.2) is 0 Å². The highest BCUT2D eigenvalue weighted by molar-refractivity contribution is 5.29. The molecule has 0 unspecified atom stereocenters. The van der Waals surface area contributed by atoms with Crippen LogP contribution < -0.4 is 0 Å². The van der Waals surface area contributed by atoms with E-state index in [1.165, 1.54) is 31.3 Å². The Bertz CT molecular complexity index is 409. The molecule has 0 aromatic rings. The molecule has 4 rings (SSSR count). The third-order valence-electron chi connectivity index (χ3n) is 6.49. The van der Waals surface area contributed by atoms with Crippen LogP contribution in [0.25, 0.3) is 0 Å². The summed E-state index contributed by atoms with van der Waals surface area (Å²) in [6.45, 7) is 8.07. The Kier molecular flexibility index (Phi) is 1.74. The molecule has 2 aliphatic heterocycles. The van der Waals surface area contributed by atoms with Crippen molar-refractivity contribution in [3.63, 3.8) is 0 Å². The predicted molar refractivity (Wildman–Crippen MR) is 65.8 cm³/mol. The van der Waals surface area contributed by atoms with E-state index in [4.69, 9.17) is 9.47 Å². The van der Waals surface area contributed by atoms with Crippen molar-refractivity contribution in [3.8, 4) is 0 Å². The molecule has 2 bridgehead atoms. The zero-order valence-electron chi connectivity index (χ0n) is 11.1. The van der Waals surface area contributed by atoms with Crippen LogP contribution in [0.5, 0.6) is 0 Å². The molecule has 1 spiro atoms. The van der Waals surface area contributed by atoms with Crippen LogP contribution in [0, 0.1) is 10.8 Å². The lowest BCUT2D eigenvalue weighted by Crippen LogP contribution is -2.61. The maximum absolute atomic E-state index is 6.40. The standard InChI is InChI=1S/C15H22O2/c1-10-4-6-13(2)12(8-10)17-11-5-7-14(13,3)15(11)9-16-15/h8,11-12H,4-7,9H2,1-3H3/t11-,12-,13+,14-,15-/m1/s1. The number of hydrogen-bond donors (Lipinski definition) is 0. The van der Waals surface area contributed by atoms with E-state index in [1.54, 1.807) is 0 Å². The van der Waals surface area contributed by atoms with E-state index < -0.39 is 0 Å². The largest absolute Gasteiger partial charge is 0.367 e. The third-order valence-corrected chi connectivity index (χ3v) is 6.49. The van der Waals surface area contributed by atoms with Gasteiger partial charge in [0.25, 0.3) is 0 Å². The van der Waals surface area contributed by atoms with E-state index in [0.717, 1.165) is 6.61 Å². The van der Waals surface area contributed by atoms with Gasteiger partial charge >= 0.3 is 0 Å². The fourth-order valence-corrected chi connectivity index (χ4v) is 4.83. The average Bonchev–Trinajstić information content (AvgIpc) is 3.03. The van der Waals surface area contributed by atoms with Crippen molar-refractivity contribution in [3.05, 3.63) is 11.6 Å². The van der Waals surface area contributed by atoms with Crippen molar-refractivity contribution in [2.75, 3.05) is 6.61 Å². The Morgan fingerprint density at radius 3 is 2.76 bits per heavy atom. The van der Waals surface area contributed by atoms with Crippen LogP contribution in [0.15, 0.2) is 11.6 Å². The Morgan fingerprint density at radius 1 is 1.29 bits per heavy atom. The molecule has 2 aliphatic carbocycles. The van der Waals surface area contributed by atoms with Gasteiger partial charge in [0.2, 0.25) is 0 Å². The molecule has 1 saturated carbocycles. The van der Waals surface area contributed by atoms with Gasteiger partial charge in [-0.15, -0.1) is 0 Å². The molecule has 2 heterocycles. The van der Waals surface area contributed by atoms with Crippen LogP contribution in [0.1, 0.15) is 46.5 Å². The summed E-state index contributed by atoms with van der Waals surface area (Å²) in [5.74, 6) is 0. The lowest BCUT2D eigenvalue weighted by Gasteiger charge is -2.56. The monoisotopic (exact) mass is 234 g/mol. The fourth-order valence-electron chi connectivity index (χ4n) is 4.83. The van der Waals surface area contributed by atoms with Gasteiger partial charge in [-0.25, -0.2) is 0 Å². The highest BCUT2D eigenvalue weighted by Crippen LogP contribution is 2.71. The van der Waals surface area contributed by atoms with Gasteiger partial charge in [-0.1, -0.05) is 25.5 Å². The number of hydrogen-bond acceptors (Lipinski definition) is 2. The van der Waals surface area contributed by atoms with Crippen molar-refractivity contribution in [1.29, 1.82) is 0 Å². The number of allylic oxidation sites excluding steroid dienone is 1. The Balaban J connectivity index is 1.85. The van der Waals surface area contributed by atoms with Gasteiger partial charge in [0, 0.05) is 10.8 Å². The molecule has 0 N–H and O–H groups in total. The van der Waals surface area contributed by atoms with Crippen LogP contribution in [0.3, 0.4) is 0 Å². The maximum Gasteiger partial charge on any atom is 0.124 e. The summed E-state index contributed by atoms with van der Waals surface area (Å²) < 4.78 is 12.3. The minimum absolute atomic E-state index is 0.0807. The van der Waals surface area contributed by atoms with Gasteiger partial charge in [0.05, 0.1) is 18.8 Å². The zero-order chi connectivity index (χ0) is 11.9. The van der Waals surface area contributed by atoms with Crippen LogP contribution in [0.2, 0.25) is 0 Å². The van der Waals surface area contributed by atoms with E-state index in [0.29, 0.717) is 17.6 Å². The van der Waals surface area contributed by atoms with Crippen molar-refractivity contribution in [1.82, 2.24) is 0 Å². The van der Waals surface area contributed by atoms with Crippen LogP contribution in [0.4, 0.5) is 0 Å². The number of rotatable bonds is 0. The normalized spacial score (nSPS) is 60.1. The second-order valence-electron chi connectivity index (χ2n) is 7.02. The molecule has 2 heteroatoms. The first-order valence-electron chi connectivity index (χ1n) is 6.99. The van der Waals surface area contributed by atoms with Crippen LogP contribution in [-0.2, 0) is 9.47 Å². The second kappa shape index (κ2) is 2.80. The average molecular weight is 234 g/mol. The third kappa shape index (κ3) is 0.978. The summed E-state index contributed by atoms with van der Waals surface area (Å²) in [5.41, 5.74) is 2.18. The molecule has 0 amide bonds. The quantitative estimate of drug-likeness (QED) is 0.474. The smallest absolute Gasteiger partial charge is 0.124 e. The maximum atomic E-state index is 6.40. The minimum Gasteiger partial charge on any atom is -0.367 e. The molecule has 4 aliphatic rings. The number of fused-ring (bicyclic) bond motifs is 2. The SMILES string of the molecule is CC1=C[C@H]2O[C@@H]3CC[C@](C)([C@@]2(C)CC1)[C@@]31CO1. The van der Waals surface area contributed by atoms with Crippen molar-refractivity contribution >= 4 is 0 Å². The first kappa shape index (κ1) is 10.6. The summed E-state index contributed by atoms with van der Waals surface area (Å²) in [5, 5.41) is 0. The van der Waals surface area contributed by atoms with E-state index in [2.05, 4.69) is 26.8 Å². The number of ether oxygens (including phenoxy) is 2. The highest BCUT2D eigenvalue weighted by Gasteiger charge is 2.77. The summed E-state index contributed by atoms with van der Waals surface area (Å²) in [7, 11) is 0. The van der Waals surface area contributed by atoms with E-state index in [1.807, 2.05) is 0 Å². The molecular formula is C15H22O2. The summed E-state index contributed by atoms with van der Waals surface area (Å²) in [4.78, 5) is 0. The Morgan fingerprint density at radius 2 is 2.06 bits per heavy atom.